The van der Waals surface area contributed by atoms with Crippen molar-refractivity contribution in [3.8, 4) is 17.3 Å². The van der Waals surface area contributed by atoms with E-state index in [2.05, 4.69) is 24.9 Å². The van der Waals surface area contributed by atoms with Crippen molar-refractivity contribution in [1.29, 1.82) is 0 Å². The number of benzene rings is 2. The summed E-state index contributed by atoms with van der Waals surface area (Å²) in [6.45, 7) is 6.25. The van der Waals surface area contributed by atoms with Crippen molar-refractivity contribution >= 4 is 33.4 Å². The van der Waals surface area contributed by atoms with Crippen LogP contribution in [0.3, 0.4) is 0 Å². The number of halogens is 2. The van der Waals surface area contributed by atoms with E-state index in [1.54, 1.807) is 41.4 Å². The molecule has 50 heavy (non-hydrogen) atoms. The zero-order valence-electron chi connectivity index (χ0n) is 27.8. The van der Waals surface area contributed by atoms with Gasteiger partial charge in [0.2, 0.25) is 0 Å². The molecule has 0 saturated carbocycles. The minimum atomic E-state index is -0.661. The lowest BCUT2D eigenvalue weighted by Crippen LogP contribution is -2.43. The highest BCUT2D eigenvalue weighted by Gasteiger charge is 2.45. The summed E-state index contributed by atoms with van der Waals surface area (Å²) in [5.74, 6) is -0.725. The van der Waals surface area contributed by atoms with E-state index >= 15 is 8.78 Å². The molecule has 5 aromatic rings. The van der Waals surface area contributed by atoms with Gasteiger partial charge in [-0.15, -0.1) is 0 Å². The Bertz CT molecular complexity index is 2100. The lowest BCUT2D eigenvalue weighted by atomic mass is 9.95. The number of anilines is 1. The van der Waals surface area contributed by atoms with Crippen molar-refractivity contribution in [3.05, 3.63) is 71.7 Å². The maximum absolute atomic E-state index is 16.9. The van der Waals surface area contributed by atoms with Crippen molar-refractivity contribution in [1.82, 2.24) is 34.5 Å². The zero-order valence-corrected chi connectivity index (χ0v) is 27.8. The molecule has 7 heterocycles. The molecule has 0 spiro atoms. The molecule has 9 rings (SSSR count). The van der Waals surface area contributed by atoms with Crippen LogP contribution in [0, 0.1) is 11.6 Å². The first kappa shape index (κ1) is 31.2. The lowest BCUT2D eigenvalue weighted by molar-refractivity contribution is 0.0298. The molecule has 4 aliphatic heterocycles. The Kier molecular flexibility index (Phi) is 7.84. The van der Waals surface area contributed by atoms with Gasteiger partial charge in [0.25, 0.3) is 5.91 Å². The third-order valence-electron chi connectivity index (χ3n) is 10.9. The molecular formula is C37H38F2N8O3. The average molecular weight is 681 g/mol. The van der Waals surface area contributed by atoms with Crippen molar-refractivity contribution in [3.63, 3.8) is 0 Å². The quantitative estimate of drug-likeness (QED) is 0.239. The largest absolute Gasteiger partial charge is 0.461 e. The number of morpholine rings is 1. The second-order valence-electron chi connectivity index (χ2n) is 13.8. The molecule has 258 valence electrons. The molecule has 0 N–H and O–H groups in total. The Morgan fingerprint density at radius 1 is 0.940 bits per heavy atom. The van der Waals surface area contributed by atoms with E-state index in [9.17, 15) is 4.79 Å². The molecule has 0 radical (unpaired) electrons. The molecule has 3 aromatic heterocycles. The summed E-state index contributed by atoms with van der Waals surface area (Å²) < 4.78 is 45.8. The molecule has 2 aromatic carbocycles. The van der Waals surface area contributed by atoms with Crippen LogP contribution in [0.2, 0.25) is 0 Å². The minimum absolute atomic E-state index is 0.0142. The van der Waals surface area contributed by atoms with Gasteiger partial charge in [-0.2, -0.15) is 15.1 Å². The van der Waals surface area contributed by atoms with Gasteiger partial charge in [-0.1, -0.05) is 30.3 Å². The van der Waals surface area contributed by atoms with Gasteiger partial charge < -0.3 is 19.3 Å². The Labute approximate surface area is 287 Å². The second kappa shape index (κ2) is 12.5. The third-order valence-corrected chi connectivity index (χ3v) is 10.9. The van der Waals surface area contributed by atoms with E-state index < -0.39 is 11.6 Å². The molecule has 4 aliphatic rings. The van der Waals surface area contributed by atoms with Crippen LogP contribution in [0.4, 0.5) is 14.6 Å². The van der Waals surface area contributed by atoms with Crippen LogP contribution in [0.25, 0.3) is 32.9 Å². The Balaban J connectivity index is 1.12. The smallest absolute Gasteiger partial charge is 0.319 e. The predicted molar refractivity (Wildman–Crippen MR) is 183 cm³/mol. The molecule has 1 amide bonds. The number of hydrogen-bond donors (Lipinski definition) is 0. The van der Waals surface area contributed by atoms with Gasteiger partial charge >= 0.3 is 6.01 Å². The normalized spacial score (nSPS) is 19.2. The molecule has 13 heteroatoms. The summed E-state index contributed by atoms with van der Waals surface area (Å²) in [6.07, 6.45) is 6.64. The molecular weight excluding hydrogens is 642 g/mol. The molecule has 3 saturated heterocycles. The number of amides is 1. The van der Waals surface area contributed by atoms with Crippen LogP contribution < -0.4 is 9.64 Å². The van der Waals surface area contributed by atoms with E-state index in [0.29, 0.717) is 85.8 Å². The zero-order chi connectivity index (χ0) is 33.8. The SMILES string of the molecule is O=C(c1cc2n(n1)CCCN(c1nc(OCC34CCCN3CCC4)nc3c(F)c(-c4cccc5cccc(F)c45)ncc13)C2)N1CCOCC1. The van der Waals surface area contributed by atoms with E-state index in [1.807, 2.05) is 10.7 Å². The summed E-state index contributed by atoms with van der Waals surface area (Å²) in [5.41, 5.74) is 1.63. The van der Waals surface area contributed by atoms with Gasteiger partial charge in [-0.25, -0.2) is 8.78 Å². The number of ether oxygens (including phenoxy) is 2. The van der Waals surface area contributed by atoms with Gasteiger partial charge in [0.15, 0.2) is 11.5 Å². The van der Waals surface area contributed by atoms with Gasteiger partial charge in [0, 0.05) is 43.3 Å². The first-order valence-corrected chi connectivity index (χ1v) is 17.6. The molecule has 0 unspecified atom stereocenters. The second-order valence-corrected chi connectivity index (χ2v) is 13.8. The van der Waals surface area contributed by atoms with Crippen molar-refractivity contribution in [2.45, 2.75) is 50.7 Å². The molecule has 3 fully saturated rings. The Morgan fingerprint density at radius 2 is 1.74 bits per heavy atom. The van der Waals surface area contributed by atoms with Gasteiger partial charge in [-0.3, -0.25) is 19.4 Å². The fourth-order valence-electron chi connectivity index (χ4n) is 8.34. The maximum Gasteiger partial charge on any atom is 0.319 e. The lowest BCUT2D eigenvalue weighted by Gasteiger charge is -2.31. The summed E-state index contributed by atoms with van der Waals surface area (Å²) in [7, 11) is 0. The summed E-state index contributed by atoms with van der Waals surface area (Å²) in [6, 6.07) is 12.0. The van der Waals surface area contributed by atoms with E-state index in [0.717, 1.165) is 50.9 Å². The fourth-order valence-corrected chi connectivity index (χ4v) is 8.34. The van der Waals surface area contributed by atoms with E-state index in [1.165, 1.54) is 6.07 Å². The Hall–Kier alpha value is -4.75. The number of pyridine rings is 1. The first-order valence-electron chi connectivity index (χ1n) is 17.6. The molecule has 0 bridgehead atoms. The van der Waals surface area contributed by atoms with Crippen molar-refractivity contribution in [2.24, 2.45) is 0 Å². The topological polar surface area (TPSA) is 102 Å². The number of nitrogens with zero attached hydrogens (tertiary/aromatic N) is 8. The number of carbonyl (C=O) groups excluding carboxylic acids is 1. The minimum Gasteiger partial charge on any atom is -0.461 e. The van der Waals surface area contributed by atoms with Crippen molar-refractivity contribution in [2.75, 3.05) is 57.4 Å². The summed E-state index contributed by atoms with van der Waals surface area (Å²) in [4.78, 5) is 33.8. The van der Waals surface area contributed by atoms with Crippen LogP contribution in [0.1, 0.15) is 48.3 Å². The van der Waals surface area contributed by atoms with E-state index in [-0.39, 0.29) is 28.7 Å². The van der Waals surface area contributed by atoms with Gasteiger partial charge in [-0.05, 0) is 62.7 Å². The monoisotopic (exact) mass is 680 g/mol. The number of hydrogen-bond acceptors (Lipinski definition) is 9. The van der Waals surface area contributed by atoms with Crippen LogP contribution in [0.5, 0.6) is 6.01 Å². The molecule has 11 nitrogen and oxygen atoms in total. The first-order chi connectivity index (χ1) is 24.5. The fraction of sp³-hybridized carbons (Fsp3) is 0.432. The number of aromatic nitrogens is 5. The number of aryl methyl sites for hydroxylation is 1. The van der Waals surface area contributed by atoms with Gasteiger partial charge in [0.1, 0.15) is 29.5 Å². The standard InChI is InChI=1S/C37H38F2N8O3/c38-28-9-2-7-24-6-1-8-26(30(24)28)32-31(39)33-27(21-40-32)34(42-36(41-33)50-23-37-10-3-13-46(37)14-4-11-37)45-12-5-15-47-25(22-45)20-29(43-47)35(48)44-16-18-49-19-17-44/h1-2,6-9,20-21H,3-5,10-19,22-23H2. The number of carbonyl (C=O) groups is 1. The van der Waals surface area contributed by atoms with E-state index in [4.69, 9.17) is 14.5 Å². The highest BCUT2D eigenvalue weighted by atomic mass is 19.1. The maximum atomic E-state index is 16.9. The number of rotatable bonds is 6. The Morgan fingerprint density at radius 3 is 2.56 bits per heavy atom. The predicted octanol–water partition coefficient (Wildman–Crippen LogP) is 5.21. The summed E-state index contributed by atoms with van der Waals surface area (Å²) in [5, 5.41) is 6.07. The van der Waals surface area contributed by atoms with Crippen LogP contribution in [-0.2, 0) is 17.8 Å². The number of fused-ring (bicyclic) bond motifs is 4. The molecule has 0 aliphatic carbocycles. The van der Waals surface area contributed by atoms with Crippen molar-refractivity contribution < 1.29 is 23.0 Å². The summed E-state index contributed by atoms with van der Waals surface area (Å²) >= 11 is 0. The average Bonchev–Trinajstić information content (AvgIpc) is 3.81. The highest BCUT2D eigenvalue weighted by Crippen LogP contribution is 2.40. The highest BCUT2D eigenvalue weighted by molar-refractivity contribution is 5.99. The van der Waals surface area contributed by atoms with Crippen LogP contribution in [0.15, 0.2) is 48.7 Å². The molecule has 0 atom stereocenters. The van der Waals surface area contributed by atoms with Crippen LogP contribution >= 0.6 is 0 Å². The van der Waals surface area contributed by atoms with Crippen LogP contribution in [-0.4, -0.2) is 98.5 Å². The third kappa shape index (κ3) is 5.34. The van der Waals surface area contributed by atoms with Gasteiger partial charge in [0.05, 0.1) is 36.4 Å².